The second-order valence-electron chi connectivity index (χ2n) is 7.10. The molecule has 0 N–H and O–H groups in total. The summed E-state index contributed by atoms with van der Waals surface area (Å²) in [6.45, 7) is 4.62. The molecule has 1 saturated heterocycles. The Hall–Kier alpha value is -1.90. The normalized spacial score (nSPS) is 19.8. The third-order valence-electron chi connectivity index (χ3n) is 5.30. The Bertz CT molecular complexity index is 639. The van der Waals surface area contributed by atoms with Gasteiger partial charge in [-0.1, -0.05) is 13.0 Å². The predicted molar refractivity (Wildman–Crippen MR) is 88.9 cm³/mol. The molecule has 1 spiro atoms. The van der Waals surface area contributed by atoms with Crippen molar-refractivity contribution in [3.8, 4) is 0 Å². The van der Waals surface area contributed by atoms with Crippen molar-refractivity contribution in [1.82, 2.24) is 9.97 Å². The van der Waals surface area contributed by atoms with Gasteiger partial charge >= 0.3 is 0 Å². The van der Waals surface area contributed by atoms with E-state index in [0.29, 0.717) is 5.41 Å². The number of anilines is 1. The van der Waals surface area contributed by atoms with Crippen LogP contribution in [0.25, 0.3) is 0 Å². The van der Waals surface area contributed by atoms with Gasteiger partial charge in [-0.3, -0.25) is 9.97 Å². The summed E-state index contributed by atoms with van der Waals surface area (Å²) in [6, 6.07) is 6.54. The van der Waals surface area contributed by atoms with Crippen LogP contribution in [0.3, 0.4) is 0 Å². The Morgan fingerprint density at radius 2 is 1.95 bits per heavy atom. The van der Waals surface area contributed by atoms with Crippen LogP contribution in [0.2, 0.25) is 0 Å². The van der Waals surface area contributed by atoms with Gasteiger partial charge in [0.05, 0.1) is 11.9 Å². The highest BCUT2D eigenvalue weighted by Crippen LogP contribution is 2.53. The van der Waals surface area contributed by atoms with Gasteiger partial charge in [0, 0.05) is 37.1 Å². The fourth-order valence-corrected chi connectivity index (χ4v) is 4.21. The SMILES string of the molecule is CCc1cncc(N2CC3(CC(Cc4cccnc4)C3)C2)c1. The molecule has 114 valence electrons. The summed E-state index contributed by atoms with van der Waals surface area (Å²) in [5.74, 6) is 0.853. The van der Waals surface area contributed by atoms with Crippen molar-refractivity contribution in [2.45, 2.75) is 32.6 Å². The molecule has 2 aliphatic rings. The van der Waals surface area contributed by atoms with Crippen LogP contribution in [-0.4, -0.2) is 23.1 Å². The lowest BCUT2D eigenvalue weighted by molar-refractivity contribution is 0.0239. The quantitative estimate of drug-likeness (QED) is 0.864. The third kappa shape index (κ3) is 2.49. The molecule has 0 radical (unpaired) electrons. The summed E-state index contributed by atoms with van der Waals surface area (Å²) < 4.78 is 0. The van der Waals surface area contributed by atoms with E-state index in [4.69, 9.17) is 0 Å². The minimum atomic E-state index is 0.592. The first kappa shape index (κ1) is 13.7. The predicted octanol–water partition coefficient (Wildman–Crippen LogP) is 3.50. The van der Waals surface area contributed by atoms with Crippen LogP contribution in [0, 0.1) is 11.3 Å². The first-order chi connectivity index (χ1) is 10.8. The van der Waals surface area contributed by atoms with Crippen LogP contribution in [0.5, 0.6) is 0 Å². The van der Waals surface area contributed by atoms with Gasteiger partial charge in [-0.25, -0.2) is 0 Å². The molecule has 1 aliphatic heterocycles. The van der Waals surface area contributed by atoms with E-state index in [1.807, 2.05) is 30.9 Å². The first-order valence-corrected chi connectivity index (χ1v) is 8.34. The summed E-state index contributed by atoms with van der Waals surface area (Å²) in [5.41, 5.74) is 4.62. The molecular formula is C19H23N3. The van der Waals surface area contributed by atoms with Gasteiger partial charge in [0.15, 0.2) is 0 Å². The van der Waals surface area contributed by atoms with Crippen LogP contribution in [-0.2, 0) is 12.8 Å². The van der Waals surface area contributed by atoms with Crippen molar-refractivity contribution in [1.29, 1.82) is 0 Å². The minimum absolute atomic E-state index is 0.592. The fourth-order valence-electron chi connectivity index (χ4n) is 4.21. The summed E-state index contributed by atoms with van der Waals surface area (Å²) in [6.07, 6.45) is 12.9. The molecule has 3 heteroatoms. The number of nitrogens with zero attached hydrogens (tertiary/aromatic N) is 3. The highest BCUT2D eigenvalue weighted by Gasteiger charge is 2.52. The molecule has 3 nitrogen and oxygen atoms in total. The van der Waals surface area contributed by atoms with Crippen molar-refractivity contribution in [2.75, 3.05) is 18.0 Å². The molecule has 0 atom stereocenters. The molecule has 22 heavy (non-hydrogen) atoms. The molecule has 0 amide bonds. The second kappa shape index (κ2) is 5.38. The summed E-state index contributed by atoms with van der Waals surface area (Å²) in [4.78, 5) is 11.1. The number of hydrogen-bond donors (Lipinski definition) is 0. The monoisotopic (exact) mass is 293 g/mol. The Morgan fingerprint density at radius 1 is 1.14 bits per heavy atom. The Labute approximate surface area is 132 Å². The molecule has 2 aromatic rings. The van der Waals surface area contributed by atoms with Crippen molar-refractivity contribution in [3.63, 3.8) is 0 Å². The zero-order valence-electron chi connectivity index (χ0n) is 13.2. The van der Waals surface area contributed by atoms with Crippen molar-refractivity contribution in [3.05, 3.63) is 54.1 Å². The van der Waals surface area contributed by atoms with Crippen LogP contribution in [0.4, 0.5) is 5.69 Å². The number of aryl methyl sites for hydroxylation is 1. The molecule has 0 aromatic carbocycles. The fraction of sp³-hybridized carbons (Fsp3) is 0.474. The third-order valence-corrected chi connectivity index (χ3v) is 5.30. The Kier molecular flexibility index (Phi) is 3.36. The van der Waals surface area contributed by atoms with Gasteiger partial charge in [-0.05, 0) is 54.9 Å². The lowest BCUT2D eigenvalue weighted by Gasteiger charge is -2.60. The maximum atomic E-state index is 4.37. The molecule has 0 unspecified atom stereocenters. The van der Waals surface area contributed by atoms with Gasteiger partial charge < -0.3 is 4.90 Å². The summed E-state index contributed by atoms with van der Waals surface area (Å²) in [5, 5.41) is 0. The number of aromatic nitrogens is 2. The van der Waals surface area contributed by atoms with E-state index in [1.54, 1.807) is 0 Å². The molecule has 1 saturated carbocycles. The van der Waals surface area contributed by atoms with Gasteiger partial charge in [-0.2, -0.15) is 0 Å². The first-order valence-electron chi connectivity index (χ1n) is 8.34. The van der Waals surface area contributed by atoms with E-state index in [-0.39, 0.29) is 0 Å². The average Bonchev–Trinajstić information content (AvgIpc) is 2.49. The van der Waals surface area contributed by atoms with Crippen molar-refractivity contribution in [2.24, 2.45) is 11.3 Å². The van der Waals surface area contributed by atoms with E-state index in [1.165, 1.54) is 49.2 Å². The van der Waals surface area contributed by atoms with Gasteiger partial charge in [0.2, 0.25) is 0 Å². The highest BCUT2D eigenvalue weighted by molar-refractivity contribution is 5.50. The Balaban J connectivity index is 1.31. The van der Waals surface area contributed by atoms with Crippen LogP contribution in [0.15, 0.2) is 43.0 Å². The van der Waals surface area contributed by atoms with E-state index < -0.39 is 0 Å². The lowest BCUT2D eigenvalue weighted by Crippen LogP contribution is -2.62. The molecule has 0 bridgehead atoms. The van der Waals surface area contributed by atoms with Crippen molar-refractivity contribution < 1.29 is 0 Å². The maximum Gasteiger partial charge on any atom is 0.0555 e. The molecule has 2 fully saturated rings. The van der Waals surface area contributed by atoms with Gasteiger partial charge in [0.1, 0.15) is 0 Å². The number of hydrogen-bond acceptors (Lipinski definition) is 3. The van der Waals surface area contributed by atoms with Crippen molar-refractivity contribution >= 4 is 5.69 Å². The van der Waals surface area contributed by atoms with Crippen LogP contribution in [0.1, 0.15) is 30.9 Å². The van der Waals surface area contributed by atoms with Crippen LogP contribution >= 0.6 is 0 Å². The van der Waals surface area contributed by atoms with E-state index >= 15 is 0 Å². The molecule has 3 heterocycles. The smallest absolute Gasteiger partial charge is 0.0555 e. The molecular weight excluding hydrogens is 270 g/mol. The van der Waals surface area contributed by atoms with Crippen LogP contribution < -0.4 is 4.90 Å². The van der Waals surface area contributed by atoms with E-state index in [9.17, 15) is 0 Å². The summed E-state index contributed by atoms with van der Waals surface area (Å²) >= 11 is 0. The van der Waals surface area contributed by atoms with Gasteiger partial charge in [-0.15, -0.1) is 0 Å². The standard InChI is InChI=1S/C19H23N3/c1-2-15-7-18(12-21-10-15)22-13-19(14-22)8-17(9-19)6-16-4-3-5-20-11-16/h3-5,7,10-12,17H,2,6,8-9,13-14H2,1H3. The summed E-state index contributed by atoms with van der Waals surface area (Å²) in [7, 11) is 0. The molecule has 1 aliphatic carbocycles. The lowest BCUT2D eigenvalue weighted by atomic mass is 9.56. The molecule has 2 aromatic heterocycles. The largest absolute Gasteiger partial charge is 0.369 e. The zero-order valence-corrected chi connectivity index (χ0v) is 13.2. The number of rotatable bonds is 4. The second-order valence-corrected chi connectivity index (χ2v) is 7.10. The zero-order chi connectivity index (χ0) is 15.0. The van der Waals surface area contributed by atoms with E-state index in [2.05, 4.69) is 33.9 Å². The average molecular weight is 293 g/mol. The topological polar surface area (TPSA) is 29.0 Å². The minimum Gasteiger partial charge on any atom is -0.369 e. The van der Waals surface area contributed by atoms with Gasteiger partial charge in [0.25, 0.3) is 0 Å². The number of pyridine rings is 2. The maximum absolute atomic E-state index is 4.37. The highest BCUT2D eigenvalue weighted by atomic mass is 15.2. The van der Waals surface area contributed by atoms with E-state index in [0.717, 1.165) is 12.3 Å². The molecule has 4 rings (SSSR count). The Morgan fingerprint density at radius 3 is 2.68 bits per heavy atom.